The average molecular weight is 386 g/mol. The van der Waals surface area contributed by atoms with Crippen molar-refractivity contribution in [3.63, 3.8) is 0 Å². The summed E-state index contributed by atoms with van der Waals surface area (Å²) in [6, 6.07) is 18.6. The van der Waals surface area contributed by atoms with Crippen LogP contribution in [0.1, 0.15) is 26.8 Å². The summed E-state index contributed by atoms with van der Waals surface area (Å²) >= 11 is 1.49. The smallest absolute Gasteiger partial charge is 0.251 e. The fourth-order valence-corrected chi connectivity index (χ4v) is 4.63. The summed E-state index contributed by atoms with van der Waals surface area (Å²) < 4.78 is 28.5. The number of rotatable bonds is 6. The Bertz CT molecular complexity index is 967. The van der Waals surface area contributed by atoms with Crippen molar-refractivity contribution in [1.29, 1.82) is 0 Å². The highest BCUT2D eigenvalue weighted by Gasteiger charge is 2.23. The van der Waals surface area contributed by atoms with Gasteiger partial charge in [-0.15, -0.1) is 11.3 Å². The van der Waals surface area contributed by atoms with Gasteiger partial charge >= 0.3 is 0 Å². The molecule has 0 spiro atoms. The molecule has 1 unspecified atom stereocenters. The second kappa shape index (κ2) is 7.82. The van der Waals surface area contributed by atoms with Crippen LogP contribution in [-0.2, 0) is 10.0 Å². The van der Waals surface area contributed by atoms with Gasteiger partial charge in [0, 0.05) is 17.5 Å². The zero-order valence-corrected chi connectivity index (χ0v) is 15.7. The van der Waals surface area contributed by atoms with Crippen molar-refractivity contribution >= 4 is 27.3 Å². The molecule has 0 aliphatic rings. The van der Waals surface area contributed by atoms with Crippen molar-refractivity contribution < 1.29 is 13.2 Å². The standard InChI is InChI=1S/C19H18N2O3S2/c1-20-19(22)15-9-11-16(12-10-15)26(23,24)21-18(17-8-5-13-25-17)14-6-3-2-4-7-14/h2-13,18,21H,1H3,(H,20,22). The van der Waals surface area contributed by atoms with Crippen LogP contribution in [0.4, 0.5) is 0 Å². The summed E-state index contributed by atoms with van der Waals surface area (Å²) in [6.07, 6.45) is 0. The summed E-state index contributed by atoms with van der Waals surface area (Å²) in [5.74, 6) is -0.261. The van der Waals surface area contributed by atoms with E-state index in [1.54, 1.807) is 0 Å². The van der Waals surface area contributed by atoms with Crippen LogP contribution in [0.3, 0.4) is 0 Å². The second-order valence-electron chi connectivity index (χ2n) is 5.58. The monoisotopic (exact) mass is 386 g/mol. The Labute approximate surface area is 156 Å². The van der Waals surface area contributed by atoms with Crippen molar-refractivity contribution in [3.05, 3.63) is 88.1 Å². The molecule has 3 aromatic rings. The van der Waals surface area contributed by atoms with Crippen molar-refractivity contribution in [1.82, 2.24) is 10.0 Å². The molecule has 1 atom stereocenters. The number of hydrogen-bond donors (Lipinski definition) is 2. The molecule has 1 heterocycles. The molecule has 0 radical (unpaired) electrons. The van der Waals surface area contributed by atoms with E-state index >= 15 is 0 Å². The van der Waals surface area contributed by atoms with Crippen LogP contribution < -0.4 is 10.0 Å². The Morgan fingerprint density at radius 2 is 1.65 bits per heavy atom. The van der Waals surface area contributed by atoms with E-state index in [4.69, 9.17) is 0 Å². The van der Waals surface area contributed by atoms with E-state index < -0.39 is 16.1 Å². The Morgan fingerprint density at radius 3 is 2.23 bits per heavy atom. The Balaban J connectivity index is 1.92. The van der Waals surface area contributed by atoms with Crippen LogP contribution in [0.5, 0.6) is 0 Å². The van der Waals surface area contributed by atoms with Gasteiger partial charge < -0.3 is 5.32 Å². The first-order valence-electron chi connectivity index (χ1n) is 7.94. The maximum Gasteiger partial charge on any atom is 0.251 e. The zero-order valence-electron chi connectivity index (χ0n) is 14.0. The number of thiophene rings is 1. The first kappa shape index (κ1) is 18.3. The number of hydrogen-bond acceptors (Lipinski definition) is 4. The first-order chi connectivity index (χ1) is 12.5. The van der Waals surface area contributed by atoms with Crippen LogP contribution in [0, 0.1) is 0 Å². The van der Waals surface area contributed by atoms with Crippen molar-refractivity contribution in [2.24, 2.45) is 0 Å². The molecule has 0 aliphatic heterocycles. The molecule has 134 valence electrons. The van der Waals surface area contributed by atoms with Gasteiger partial charge in [-0.3, -0.25) is 4.79 Å². The fraction of sp³-hybridized carbons (Fsp3) is 0.105. The summed E-state index contributed by atoms with van der Waals surface area (Å²) in [4.78, 5) is 12.6. The van der Waals surface area contributed by atoms with Gasteiger partial charge in [0.2, 0.25) is 10.0 Å². The van der Waals surface area contributed by atoms with Gasteiger partial charge in [0.15, 0.2) is 0 Å². The normalized spacial score (nSPS) is 12.5. The topological polar surface area (TPSA) is 75.3 Å². The molecule has 0 saturated carbocycles. The molecule has 1 aromatic heterocycles. The minimum Gasteiger partial charge on any atom is -0.355 e. The highest BCUT2D eigenvalue weighted by Crippen LogP contribution is 2.28. The predicted molar refractivity (Wildman–Crippen MR) is 103 cm³/mol. The third-order valence-corrected chi connectivity index (χ3v) is 6.26. The SMILES string of the molecule is CNC(=O)c1ccc(S(=O)(=O)NC(c2ccccc2)c2cccs2)cc1. The third kappa shape index (κ3) is 4.01. The largest absolute Gasteiger partial charge is 0.355 e. The molecular weight excluding hydrogens is 368 g/mol. The highest BCUT2D eigenvalue weighted by atomic mass is 32.2. The molecule has 2 N–H and O–H groups in total. The lowest BCUT2D eigenvalue weighted by atomic mass is 10.1. The summed E-state index contributed by atoms with van der Waals surface area (Å²) in [7, 11) is -2.23. The summed E-state index contributed by atoms with van der Waals surface area (Å²) in [5, 5.41) is 4.42. The maximum atomic E-state index is 12.9. The second-order valence-corrected chi connectivity index (χ2v) is 8.28. The lowest BCUT2D eigenvalue weighted by Gasteiger charge is -2.18. The summed E-state index contributed by atoms with van der Waals surface area (Å²) in [6.45, 7) is 0. The van der Waals surface area contributed by atoms with Gasteiger partial charge in [0.1, 0.15) is 0 Å². The van der Waals surface area contributed by atoms with E-state index in [9.17, 15) is 13.2 Å². The third-order valence-electron chi connectivity index (χ3n) is 3.89. The molecular formula is C19H18N2O3S2. The fourth-order valence-electron chi connectivity index (χ4n) is 2.54. The predicted octanol–water partition coefficient (Wildman–Crippen LogP) is 3.18. The molecule has 26 heavy (non-hydrogen) atoms. The van der Waals surface area contributed by atoms with E-state index in [-0.39, 0.29) is 10.8 Å². The Kier molecular flexibility index (Phi) is 5.51. The van der Waals surface area contributed by atoms with Gasteiger partial charge in [0.25, 0.3) is 5.91 Å². The lowest BCUT2D eigenvalue weighted by Crippen LogP contribution is -2.29. The molecule has 5 nitrogen and oxygen atoms in total. The molecule has 1 amide bonds. The van der Waals surface area contributed by atoms with Gasteiger partial charge in [-0.2, -0.15) is 4.72 Å². The first-order valence-corrected chi connectivity index (χ1v) is 10.3. The van der Waals surface area contributed by atoms with Gasteiger partial charge in [-0.1, -0.05) is 36.4 Å². The van der Waals surface area contributed by atoms with E-state index in [1.807, 2.05) is 47.8 Å². The molecule has 0 saturated heterocycles. The van der Waals surface area contributed by atoms with Crippen molar-refractivity contribution in [3.8, 4) is 0 Å². The van der Waals surface area contributed by atoms with E-state index in [1.165, 1.54) is 42.6 Å². The Morgan fingerprint density at radius 1 is 0.962 bits per heavy atom. The number of sulfonamides is 1. The van der Waals surface area contributed by atoms with Crippen LogP contribution >= 0.6 is 11.3 Å². The van der Waals surface area contributed by atoms with Crippen LogP contribution in [0.25, 0.3) is 0 Å². The molecule has 0 bridgehead atoms. The zero-order chi connectivity index (χ0) is 18.6. The van der Waals surface area contributed by atoms with Crippen LogP contribution in [0.15, 0.2) is 77.0 Å². The molecule has 3 rings (SSSR count). The number of carbonyl (C=O) groups excluding carboxylic acids is 1. The van der Waals surface area contributed by atoms with Gasteiger partial charge in [-0.05, 0) is 41.3 Å². The van der Waals surface area contributed by atoms with E-state index in [0.717, 1.165) is 10.4 Å². The number of carbonyl (C=O) groups is 1. The Hall–Kier alpha value is -2.48. The average Bonchev–Trinajstić information content (AvgIpc) is 3.21. The van der Waals surface area contributed by atoms with Gasteiger partial charge in [0.05, 0.1) is 10.9 Å². The van der Waals surface area contributed by atoms with Crippen molar-refractivity contribution in [2.75, 3.05) is 7.05 Å². The highest BCUT2D eigenvalue weighted by molar-refractivity contribution is 7.89. The number of amides is 1. The molecule has 7 heteroatoms. The molecule has 2 aromatic carbocycles. The van der Waals surface area contributed by atoms with Crippen molar-refractivity contribution in [2.45, 2.75) is 10.9 Å². The van der Waals surface area contributed by atoms with E-state index in [2.05, 4.69) is 10.0 Å². The maximum absolute atomic E-state index is 12.9. The van der Waals surface area contributed by atoms with Gasteiger partial charge in [-0.25, -0.2) is 8.42 Å². The molecule has 0 aliphatic carbocycles. The summed E-state index contributed by atoms with van der Waals surface area (Å²) in [5.41, 5.74) is 1.27. The lowest BCUT2D eigenvalue weighted by molar-refractivity contribution is 0.0963. The van der Waals surface area contributed by atoms with Crippen LogP contribution in [-0.4, -0.2) is 21.4 Å². The molecule has 0 fully saturated rings. The number of nitrogens with one attached hydrogen (secondary N) is 2. The van der Waals surface area contributed by atoms with Crippen LogP contribution in [0.2, 0.25) is 0 Å². The minimum absolute atomic E-state index is 0.114. The minimum atomic E-state index is -3.76. The number of benzene rings is 2. The van der Waals surface area contributed by atoms with E-state index in [0.29, 0.717) is 5.56 Å². The quantitative estimate of drug-likeness (QED) is 0.683.